The molecule has 1 aliphatic carbocycles. The van der Waals surface area contributed by atoms with Crippen LogP contribution in [0.2, 0.25) is 0 Å². The SMILES string of the molecule is Cc1ccccc1C1(NC(=O)CCC2CCCCN2C)CC1. The minimum atomic E-state index is -0.0686. The standard InChI is InChI=1S/C19H28N2O/c1-15-7-3-4-9-17(15)19(12-13-19)20-18(22)11-10-16-8-5-6-14-21(16)2/h3-4,7,9,16H,5-6,8,10-14H2,1-2H3,(H,20,22). The molecule has 0 spiro atoms. The van der Waals surface area contributed by atoms with Crippen LogP contribution in [0.1, 0.15) is 56.1 Å². The highest BCUT2D eigenvalue weighted by molar-refractivity contribution is 5.77. The van der Waals surface area contributed by atoms with Gasteiger partial charge in [-0.3, -0.25) is 4.79 Å². The van der Waals surface area contributed by atoms with E-state index >= 15 is 0 Å². The molecule has 2 fully saturated rings. The maximum absolute atomic E-state index is 12.4. The van der Waals surface area contributed by atoms with Gasteiger partial charge in [-0.05, 0) is 63.7 Å². The normalized spacial score (nSPS) is 24.0. The summed E-state index contributed by atoms with van der Waals surface area (Å²) >= 11 is 0. The molecule has 0 bridgehead atoms. The molecule has 1 N–H and O–H groups in total. The number of hydrogen-bond donors (Lipinski definition) is 1. The highest BCUT2D eigenvalue weighted by atomic mass is 16.1. The van der Waals surface area contributed by atoms with E-state index in [2.05, 4.69) is 48.5 Å². The van der Waals surface area contributed by atoms with Gasteiger partial charge >= 0.3 is 0 Å². The number of aryl methyl sites for hydroxylation is 1. The number of nitrogens with zero attached hydrogens (tertiary/aromatic N) is 1. The number of carbonyl (C=O) groups is 1. The summed E-state index contributed by atoms with van der Waals surface area (Å²) in [6.07, 6.45) is 7.65. The van der Waals surface area contributed by atoms with Crippen LogP contribution >= 0.6 is 0 Å². The van der Waals surface area contributed by atoms with Gasteiger partial charge in [0.2, 0.25) is 5.91 Å². The quantitative estimate of drug-likeness (QED) is 0.904. The Balaban J connectivity index is 1.55. The molecule has 1 unspecified atom stereocenters. The smallest absolute Gasteiger partial charge is 0.220 e. The van der Waals surface area contributed by atoms with Gasteiger partial charge in [-0.1, -0.05) is 30.7 Å². The Labute approximate surface area is 134 Å². The second-order valence-corrected chi connectivity index (χ2v) is 7.11. The monoisotopic (exact) mass is 300 g/mol. The van der Waals surface area contributed by atoms with Crippen molar-refractivity contribution in [1.82, 2.24) is 10.2 Å². The Hall–Kier alpha value is -1.35. The number of hydrogen-bond acceptors (Lipinski definition) is 2. The molecular formula is C19H28N2O. The van der Waals surface area contributed by atoms with Crippen LogP contribution in [0.15, 0.2) is 24.3 Å². The van der Waals surface area contributed by atoms with Gasteiger partial charge in [0.25, 0.3) is 0 Å². The lowest BCUT2D eigenvalue weighted by Crippen LogP contribution is -2.39. The molecule has 1 saturated carbocycles. The summed E-state index contributed by atoms with van der Waals surface area (Å²) < 4.78 is 0. The number of amides is 1. The fraction of sp³-hybridized carbons (Fsp3) is 0.632. The highest BCUT2D eigenvalue weighted by Gasteiger charge is 2.46. The van der Waals surface area contributed by atoms with E-state index < -0.39 is 0 Å². The average Bonchev–Trinajstić information content (AvgIpc) is 3.27. The Kier molecular flexibility index (Phi) is 4.53. The van der Waals surface area contributed by atoms with Crippen molar-refractivity contribution in [2.75, 3.05) is 13.6 Å². The molecule has 22 heavy (non-hydrogen) atoms. The Bertz CT molecular complexity index is 536. The first kappa shape index (κ1) is 15.5. The number of carbonyl (C=O) groups excluding carboxylic acids is 1. The first-order valence-electron chi connectivity index (χ1n) is 8.68. The molecule has 3 nitrogen and oxygen atoms in total. The molecule has 1 heterocycles. The maximum atomic E-state index is 12.4. The van der Waals surface area contributed by atoms with E-state index in [0.29, 0.717) is 12.5 Å². The minimum absolute atomic E-state index is 0.0686. The summed E-state index contributed by atoms with van der Waals surface area (Å²) in [5.74, 6) is 0.222. The largest absolute Gasteiger partial charge is 0.347 e. The molecular weight excluding hydrogens is 272 g/mol. The molecule has 0 aromatic heterocycles. The minimum Gasteiger partial charge on any atom is -0.347 e. The van der Waals surface area contributed by atoms with E-state index in [1.165, 1.54) is 36.9 Å². The van der Waals surface area contributed by atoms with Gasteiger partial charge in [0, 0.05) is 12.5 Å². The third kappa shape index (κ3) is 3.35. The molecule has 1 saturated heterocycles. The van der Waals surface area contributed by atoms with Crippen LogP contribution in [0, 0.1) is 6.92 Å². The van der Waals surface area contributed by atoms with Gasteiger partial charge < -0.3 is 10.2 Å². The Morgan fingerprint density at radius 2 is 2.09 bits per heavy atom. The number of rotatable bonds is 5. The molecule has 2 aliphatic rings. The van der Waals surface area contributed by atoms with E-state index in [-0.39, 0.29) is 11.4 Å². The van der Waals surface area contributed by atoms with Crippen LogP contribution in [0.25, 0.3) is 0 Å². The lowest BCUT2D eigenvalue weighted by atomic mass is 9.97. The van der Waals surface area contributed by atoms with Crippen LogP contribution in [0.5, 0.6) is 0 Å². The van der Waals surface area contributed by atoms with Gasteiger partial charge in [0.15, 0.2) is 0 Å². The number of piperidine rings is 1. The highest BCUT2D eigenvalue weighted by Crippen LogP contribution is 2.46. The molecule has 1 amide bonds. The summed E-state index contributed by atoms with van der Waals surface area (Å²) in [4.78, 5) is 14.8. The fourth-order valence-corrected chi connectivity index (χ4v) is 3.83. The predicted octanol–water partition coefficient (Wildman–Crippen LogP) is 3.36. The van der Waals surface area contributed by atoms with Crippen LogP contribution in [0.4, 0.5) is 0 Å². The van der Waals surface area contributed by atoms with Gasteiger partial charge in [-0.2, -0.15) is 0 Å². The van der Waals surface area contributed by atoms with Crippen molar-refractivity contribution in [3.63, 3.8) is 0 Å². The summed E-state index contributed by atoms with van der Waals surface area (Å²) in [5, 5.41) is 3.32. The molecule has 1 aliphatic heterocycles. The van der Waals surface area contributed by atoms with E-state index in [1.807, 2.05) is 0 Å². The number of likely N-dealkylation sites (tertiary alicyclic amines) is 1. The second-order valence-electron chi connectivity index (χ2n) is 7.11. The zero-order chi connectivity index (χ0) is 15.6. The van der Waals surface area contributed by atoms with Gasteiger partial charge in [-0.25, -0.2) is 0 Å². The molecule has 1 aromatic rings. The van der Waals surface area contributed by atoms with Crippen molar-refractivity contribution in [1.29, 1.82) is 0 Å². The van der Waals surface area contributed by atoms with Crippen molar-refractivity contribution in [2.45, 2.75) is 63.5 Å². The van der Waals surface area contributed by atoms with Crippen molar-refractivity contribution < 1.29 is 4.79 Å². The maximum Gasteiger partial charge on any atom is 0.220 e. The van der Waals surface area contributed by atoms with Crippen molar-refractivity contribution in [2.24, 2.45) is 0 Å². The average molecular weight is 300 g/mol. The van der Waals surface area contributed by atoms with Crippen LogP contribution in [-0.4, -0.2) is 30.4 Å². The molecule has 3 heteroatoms. The van der Waals surface area contributed by atoms with Crippen LogP contribution in [0.3, 0.4) is 0 Å². The molecule has 120 valence electrons. The van der Waals surface area contributed by atoms with E-state index in [0.717, 1.165) is 19.3 Å². The van der Waals surface area contributed by atoms with Gasteiger partial charge in [0.05, 0.1) is 5.54 Å². The van der Waals surface area contributed by atoms with Crippen molar-refractivity contribution >= 4 is 5.91 Å². The van der Waals surface area contributed by atoms with E-state index in [4.69, 9.17) is 0 Å². The molecule has 1 atom stereocenters. The van der Waals surface area contributed by atoms with Gasteiger partial charge in [-0.15, -0.1) is 0 Å². The summed E-state index contributed by atoms with van der Waals surface area (Å²) in [6, 6.07) is 9.03. The second kappa shape index (κ2) is 6.41. The van der Waals surface area contributed by atoms with Crippen LogP contribution in [-0.2, 0) is 10.3 Å². The summed E-state index contributed by atoms with van der Waals surface area (Å²) in [7, 11) is 2.19. The molecule has 1 aromatic carbocycles. The lowest BCUT2D eigenvalue weighted by molar-refractivity contribution is -0.122. The van der Waals surface area contributed by atoms with E-state index in [9.17, 15) is 4.79 Å². The number of benzene rings is 1. The Morgan fingerprint density at radius 1 is 1.32 bits per heavy atom. The Morgan fingerprint density at radius 3 is 2.77 bits per heavy atom. The first-order chi connectivity index (χ1) is 10.6. The topological polar surface area (TPSA) is 32.3 Å². The summed E-state index contributed by atoms with van der Waals surface area (Å²) in [5.41, 5.74) is 2.52. The fourth-order valence-electron chi connectivity index (χ4n) is 3.83. The van der Waals surface area contributed by atoms with Gasteiger partial charge in [0.1, 0.15) is 0 Å². The third-order valence-electron chi connectivity index (χ3n) is 5.42. The summed E-state index contributed by atoms with van der Waals surface area (Å²) in [6.45, 7) is 3.32. The van der Waals surface area contributed by atoms with E-state index in [1.54, 1.807) is 0 Å². The van der Waals surface area contributed by atoms with Crippen molar-refractivity contribution in [3.8, 4) is 0 Å². The predicted molar refractivity (Wildman–Crippen MR) is 89.7 cm³/mol. The number of nitrogens with one attached hydrogen (secondary N) is 1. The van der Waals surface area contributed by atoms with Crippen molar-refractivity contribution in [3.05, 3.63) is 35.4 Å². The lowest BCUT2D eigenvalue weighted by Gasteiger charge is -2.32. The zero-order valence-corrected chi connectivity index (χ0v) is 13.9. The zero-order valence-electron chi connectivity index (χ0n) is 13.9. The molecule has 3 rings (SSSR count). The first-order valence-corrected chi connectivity index (χ1v) is 8.68. The van der Waals surface area contributed by atoms with Crippen LogP contribution < -0.4 is 5.32 Å². The molecule has 0 radical (unpaired) electrons. The third-order valence-corrected chi connectivity index (χ3v) is 5.42.